The van der Waals surface area contributed by atoms with Crippen molar-refractivity contribution in [2.24, 2.45) is 0 Å². The Bertz CT molecular complexity index is 310. The van der Waals surface area contributed by atoms with Gasteiger partial charge in [-0.3, -0.25) is 0 Å². The molecule has 10 heteroatoms. The van der Waals surface area contributed by atoms with Crippen LogP contribution in [-0.4, -0.2) is 37.4 Å². The maximum Gasteiger partial charge on any atom is 0.462 e. The molecular weight excluding hydrogens is 277 g/mol. The van der Waals surface area contributed by atoms with E-state index >= 15 is 0 Å². The molecule has 0 aromatic rings. The van der Waals surface area contributed by atoms with E-state index in [1.807, 2.05) is 0 Å². The van der Waals surface area contributed by atoms with Gasteiger partial charge >= 0.3 is 24.2 Å². The zero-order valence-corrected chi connectivity index (χ0v) is 8.57. The molecule has 0 saturated heterocycles. The molecule has 18 heavy (non-hydrogen) atoms. The Balaban J connectivity index is 4.40. The highest BCUT2D eigenvalue weighted by Gasteiger charge is 2.74. The van der Waals surface area contributed by atoms with Gasteiger partial charge in [0.1, 0.15) is 6.61 Å². The number of hydrogen-bond acceptors (Lipinski definition) is 3. The van der Waals surface area contributed by atoms with Gasteiger partial charge < -0.3 is 9.47 Å². The van der Waals surface area contributed by atoms with Gasteiger partial charge in [-0.25, -0.2) is 4.79 Å². The number of hydrogen-bond donors (Lipinski definition) is 0. The van der Waals surface area contributed by atoms with Gasteiger partial charge in [-0.1, -0.05) is 6.58 Å². The summed E-state index contributed by atoms with van der Waals surface area (Å²) in [5.74, 6) is -7.41. The molecule has 0 aromatic carbocycles. The van der Waals surface area contributed by atoms with Crippen molar-refractivity contribution >= 4 is 5.97 Å². The molecule has 106 valence electrons. The largest absolute Gasteiger partial charge is 0.462 e. The number of carbonyl (C=O) groups is 1. The number of esters is 1. The van der Waals surface area contributed by atoms with E-state index in [2.05, 4.69) is 16.1 Å². The van der Waals surface area contributed by atoms with Crippen molar-refractivity contribution in [2.75, 3.05) is 13.2 Å². The van der Waals surface area contributed by atoms with Crippen LogP contribution in [-0.2, 0) is 14.3 Å². The minimum absolute atomic E-state index is 0.641. The summed E-state index contributed by atoms with van der Waals surface area (Å²) in [6.07, 6.45) is -11.6. The van der Waals surface area contributed by atoms with Crippen LogP contribution in [0, 0.1) is 0 Å². The Morgan fingerprint density at radius 3 is 1.94 bits per heavy atom. The first-order chi connectivity index (χ1) is 7.95. The molecule has 0 aliphatic rings. The van der Waals surface area contributed by atoms with Gasteiger partial charge in [-0.05, 0) is 0 Å². The second kappa shape index (κ2) is 5.55. The first kappa shape index (κ1) is 16.7. The number of rotatable bonds is 6. The lowest BCUT2D eigenvalue weighted by molar-refractivity contribution is -0.424. The van der Waals surface area contributed by atoms with E-state index in [4.69, 9.17) is 0 Å². The average Bonchev–Trinajstić information content (AvgIpc) is 2.22. The van der Waals surface area contributed by atoms with E-state index in [9.17, 15) is 35.5 Å². The van der Waals surface area contributed by atoms with Crippen molar-refractivity contribution in [2.45, 2.75) is 18.2 Å². The topological polar surface area (TPSA) is 35.5 Å². The molecule has 0 N–H and O–H groups in total. The highest BCUT2D eigenvalue weighted by Crippen LogP contribution is 2.46. The maximum atomic E-state index is 12.5. The molecule has 0 spiro atoms. The fraction of sp³-hybridized carbons (Fsp3) is 0.625. The molecule has 0 aromatic heterocycles. The second-order valence-corrected chi connectivity index (χ2v) is 2.81. The van der Waals surface area contributed by atoms with Crippen LogP contribution >= 0.6 is 0 Å². The quantitative estimate of drug-likeness (QED) is 0.325. The van der Waals surface area contributed by atoms with Gasteiger partial charge in [0, 0.05) is 6.08 Å². The first-order valence-corrected chi connectivity index (χ1v) is 4.21. The van der Waals surface area contributed by atoms with Crippen LogP contribution in [0.4, 0.5) is 30.7 Å². The third-order valence-corrected chi connectivity index (χ3v) is 1.50. The van der Waals surface area contributed by atoms with E-state index in [1.165, 1.54) is 0 Å². The summed E-state index contributed by atoms with van der Waals surface area (Å²) in [5.41, 5.74) is 0. The summed E-state index contributed by atoms with van der Waals surface area (Å²) in [6, 6.07) is 0. The van der Waals surface area contributed by atoms with E-state index in [-0.39, 0.29) is 0 Å². The summed E-state index contributed by atoms with van der Waals surface area (Å²) in [7, 11) is 0. The lowest BCUT2D eigenvalue weighted by atomic mass is 10.3. The van der Waals surface area contributed by atoms with E-state index < -0.39 is 37.4 Å². The van der Waals surface area contributed by atoms with Gasteiger partial charge in [0.25, 0.3) is 0 Å². The fourth-order valence-corrected chi connectivity index (χ4v) is 0.627. The Labute approximate surface area is 96.2 Å². The molecule has 0 aliphatic heterocycles. The molecule has 0 radical (unpaired) electrons. The fourth-order valence-electron chi connectivity index (χ4n) is 0.627. The normalized spacial score (nSPS) is 13.3. The summed E-state index contributed by atoms with van der Waals surface area (Å²) in [6.45, 7) is 0.670. The molecule has 0 amide bonds. The highest BCUT2D eigenvalue weighted by atomic mass is 19.4. The van der Waals surface area contributed by atoms with Crippen LogP contribution in [0.5, 0.6) is 0 Å². The van der Waals surface area contributed by atoms with Crippen molar-refractivity contribution in [1.82, 2.24) is 0 Å². The third-order valence-electron chi connectivity index (χ3n) is 1.50. The van der Waals surface area contributed by atoms with Gasteiger partial charge in [0.2, 0.25) is 0 Å². The SMILES string of the molecule is C=CC(=O)OCCOC(F)(F)C(F)(F)C(F)(F)F. The lowest BCUT2D eigenvalue weighted by Crippen LogP contribution is -2.53. The predicted octanol–water partition coefficient (Wildman–Crippen LogP) is 2.52. The van der Waals surface area contributed by atoms with E-state index in [0.29, 0.717) is 6.08 Å². The minimum atomic E-state index is -6.46. The van der Waals surface area contributed by atoms with Crippen molar-refractivity contribution in [1.29, 1.82) is 0 Å². The summed E-state index contributed by atoms with van der Waals surface area (Å²) >= 11 is 0. The smallest absolute Gasteiger partial charge is 0.460 e. The molecule has 0 rings (SSSR count). The number of alkyl halides is 7. The van der Waals surface area contributed by atoms with Gasteiger partial charge in [0.05, 0.1) is 6.61 Å². The summed E-state index contributed by atoms with van der Waals surface area (Å²) in [5, 5.41) is 0. The van der Waals surface area contributed by atoms with Crippen LogP contribution in [0.15, 0.2) is 12.7 Å². The molecule has 0 bridgehead atoms. The summed E-state index contributed by atoms with van der Waals surface area (Å²) in [4.78, 5) is 10.4. The standard InChI is InChI=1S/C8H7F7O3/c1-2-5(16)17-3-4-18-8(14,15)6(9,10)7(11,12)13/h2H,1,3-4H2. The Kier molecular flexibility index (Phi) is 5.14. The van der Waals surface area contributed by atoms with Crippen molar-refractivity contribution in [3.05, 3.63) is 12.7 Å². The van der Waals surface area contributed by atoms with Crippen molar-refractivity contribution < 1.29 is 45.0 Å². The molecule has 0 heterocycles. The van der Waals surface area contributed by atoms with E-state index in [0.717, 1.165) is 0 Å². The average molecular weight is 284 g/mol. The molecule has 0 aliphatic carbocycles. The molecule has 0 unspecified atom stereocenters. The number of carbonyl (C=O) groups excluding carboxylic acids is 1. The summed E-state index contributed by atoms with van der Waals surface area (Å²) < 4.78 is 91.4. The number of ether oxygens (including phenoxy) is 2. The van der Waals surface area contributed by atoms with Crippen LogP contribution in [0.25, 0.3) is 0 Å². The van der Waals surface area contributed by atoms with Crippen LogP contribution in [0.3, 0.4) is 0 Å². The molecule has 0 fully saturated rings. The van der Waals surface area contributed by atoms with Gasteiger partial charge in [-0.2, -0.15) is 30.7 Å². The van der Waals surface area contributed by atoms with Crippen LogP contribution in [0.2, 0.25) is 0 Å². The Hall–Kier alpha value is -1.32. The highest BCUT2D eigenvalue weighted by molar-refractivity contribution is 5.81. The zero-order valence-electron chi connectivity index (χ0n) is 8.57. The Morgan fingerprint density at radius 1 is 1.06 bits per heavy atom. The third kappa shape index (κ3) is 3.86. The predicted molar refractivity (Wildman–Crippen MR) is 43.1 cm³/mol. The Morgan fingerprint density at radius 2 is 1.56 bits per heavy atom. The number of halogens is 7. The van der Waals surface area contributed by atoms with Crippen molar-refractivity contribution in [3.63, 3.8) is 0 Å². The second-order valence-electron chi connectivity index (χ2n) is 2.81. The molecular formula is C8H7F7O3. The minimum Gasteiger partial charge on any atom is -0.460 e. The van der Waals surface area contributed by atoms with Crippen LogP contribution in [0.1, 0.15) is 0 Å². The van der Waals surface area contributed by atoms with Crippen molar-refractivity contribution in [3.8, 4) is 0 Å². The zero-order chi connectivity index (χ0) is 14.6. The molecule has 3 nitrogen and oxygen atoms in total. The van der Waals surface area contributed by atoms with Gasteiger partial charge in [0.15, 0.2) is 0 Å². The van der Waals surface area contributed by atoms with Gasteiger partial charge in [-0.15, -0.1) is 0 Å². The van der Waals surface area contributed by atoms with Crippen LogP contribution < -0.4 is 0 Å². The molecule has 0 saturated carbocycles. The van der Waals surface area contributed by atoms with E-state index in [1.54, 1.807) is 0 Å². The first-order valence-electron chi connectivity index (χ1n) is 4.21. The molecule has 0 atom stereocenters. The monoisotopic (exact) mass is 284 g/mol. The lowest BCUT2D eigenvalue weighted by Gasteiger charge is -2.27. The maximum absolute atomic E-state index is 12.5.